The van der Waals surface area contributed by atoms with E-state index in [4.69, 9.17) is 19.9 Å². The van der Waals surface area contributed by atoms with Gasteiger partial charge >= 0.3 is 0 Å². The number of benzene rings is 16. The van der Waals surface area contributed by atoms with E-state index in [0.29, 0.717) is 17.5 Å². The van der Waals surface area contributed by atoms with Gasteiger partial charge in [-0.15, -0.1) is 0 Å². The molecule has 11 heteroatoms. The lowest BCUT2D eigenvalue weighted by Gasteiger charge is -2.15. The third kappa shape index (κ3) is 9.45. The summed E-state index contributed by atoms with van der Waals surface area (Å²) in [5.74, 6) is 1.97. The molecule has 0 amide bonds. The van der Waals surface area contributed by atoms with Crippen molar-refractivity contribution < 1.29 is 0 Å². The SMILES string of the molecule is Brc1cc2cccc3c2c(c1)c1cc(-c2ccnc4c2ccc2cccnc24)cc2c4ccccc4n3c12.Brc1ccc2c3c1cccc3c1cccc3c4ccc(-c5nc(-c6ccccc6)nc(-c6ccccc6)n5)cc4n2c13.Brc1ccc2c3cccc4c5cccc6c(-c7ccccc7)ccc(c65)n(c2c1)c43. The van der Waals surface area contributed by atoms with Gasteiger partial charge in [-0.05, 0) is 140 Å². The number of halogens is 3. The molecule has 110 heavy (non-hydrogen) atoms. The Bertz CT molecular complexity index is 8080. The Labute approximate surface area is 652 Å². The summed E-state index contributed by atoms with van der Waals surface area (Å²) in [4.78, 5) is 24.3. The van der Waals surface area contributed by atoms with Crippen molar-refractivity contribution in [3.63, 3.8) is 0 Å². The third-order valence-corrected chi connectivity index (χ3v) is 24.3. The molecule has 0 radical (unpaired) electrons. The smallest absolute Gasteiger partial charge is 0.164 e. The number of para-hydroxylation sites is 3. The highest BCUT2D eigenvalue weighted by Gasteiger charge is 2.25. The molecule has 0 spiro atoms. The molecule has 0 saturated heterocycles. The van der Waals surface area contributed by atoms with Gasteiger partial charge in [0, 0.05) is 118 Å². The molecule has 0 aliphatic heterocycles. The molecule has 0 saturated carbocycles. The lowest BCUT2D eigenvalue weighted by molar-refractivity contribution is 1.07. The van der Waals surface area contributed by atoms with Gasteiger partial charge in [0.1, 0.15) is 0 Å². The van der Waals surface area contributed by atoms with Gasteiger partial charge < -0.3 is 13.2 Å². The molecule has 8 nitrogen and oxygen atoms in total. The normalized spacial score (nSPS) is 12.1. The van der Waals surface area contributed by atoms with E-state index >= 15 is 0 Å². The second kappa shape index (κ2) is 24.5. The zero-order chi connectivity index (χ0) is 72.6. The summed E-state index contributed by atoms with van der Waals surface area (Å²) in [7, 11) is 0. The molecular formula is C99H55Br3N8. The molecule has 0 fully saturated rings. The van der Waals surface area contributed by atoms with Gasteiger partial charge in [-0.2, -0.15) is 0 Å². The minimum Gasteiger partial charge on any atom is -0.308 e. The fraction of sp³-hybridized carbons (Fsp3) is 0. The first kappa shape index (κ1) is 63.1. The maximum Gasteiger partial charge on any atom is 0.164 e. The van der Waals surface area contributed by atoms with E-state index in [1.807, 2.05) is 79.1 Å². The van der Waals surface area contributed by atoms with Crippen molar-refractivity contribution in [1.82, 2.24) is 38.1 Å². The quantitative estimate of drug-likeness (QED) is 0.127. The van der Waals surface area contributed by atoms with Crippen LogP contribution in [0.4, 0.5) is 0 Å². The van der Waals surface area contributed by atoms with E-state index in [1.54, 1.807) is 0 Å². The predicted octanol–water partition coefficient (Wildman–Crippen LogP) is 27.9. The fourth-order valence-corrected chi connectivity index (χ4v) is 19.3. The molecule has 512 valence electrons. The van der Waals surface area contributed by atoms with Crippen LogP contribution in [0.5, 0.6) is 0 Å². The summed E-state index contributed by atoms with van der Waals surface area (Å²) >= 11 is 11.3. The molecular weight excluding hydrogens is 1540 g/mol. The van der Waals surface area contributed by atoms with Gasteiger partial charge in [-0.1, -0.05) is 284 Å². The number of hydrogen-bond acceptors (Lipinski definition) is 5. The van der Waals surface area contributed by atoms with E-state index in [9.17, 15) is 0 Å². The van der Waals surface area contributed by atoms with Crippen LogP contribution >= 0.6 is 47.8 Å². The van der Waals surface area contributed by atoms with Crippen molar-refractivity contribution in [1.29, 1.82) is 0 Å². The predicted molar refractivity (Wildman–Crippen MR) is 470 cm³/mol. The molecule has 9 heterocycles. The number of nitrogens with zero attached hydrogens (tertiary/aromatic N) is 8. The highest BCUT2D eigenvalue weighted by Crippen LogP contribution is 2.48. The topological polar surface area (TPSA) is 77.7 Å². The molecule has 25 aromatic rings. The number of pyridine rings is 5. The van der Waals surface area contributed by atoms with Gasteiger partial charge in [0.05, 0.1) is 60.7 Å². The van der Waals surface area contributed by atoms with Crippen molar-refractivity contribution in [3.05, 3.63) is 347 Å². The number of fused-ring (bicyclic) bond motifs is 18. The van der Waals surface area contributed by atoms with Crippen LogP contribution in [-0.4, -0.2) is 38.1 Å². The second-order valence-corrected chi connectivity index (χ2v) is 31.2. The lowest BCUT2D eigenvalue weighted by Crippen LogP contribution is -2.00. The van der Waals surface area contributed by atoms with Crippen LogP contribution in [0.15, 0.2) is 347 Å². The Kier molecular flexibility index (Phi) is 14.1. The molecule has 0 unspecified atom stereocenters. The molecule has 16 aromatic carbocycles. The van der Waals surface area contributed by atoms with Crippen molar-refractivity contribution in [2.75, 3.05) is 0 Å². The van der Waals surface area contributed by atoms with Crippen molar-refractivity contribution in [3.8, 4) is 56.4 Å². The van der Waals surface area contributed by atoms with Crippen LogP contribution in [0.2, 0.25) is 0 Å². The number of rotatable bonds is 5. The maximum absolute atomic E-state index is 5.00. The maximum atomic E-state index is 5.00. The largest absolute Gasteiger partial charge is 0.308 e. The van der Waals surface area contributed by atoms with Crippen molar-refractivity contribution in [2.45, 2.75) is 0 Å². The minimum atomic E-state index is 0.653. The Morgan fingerprint density at radius 3 is 1.40 bits per heavy atom. The molecule has 25 rings (SSSR count). The van der Waals surface area contributed by atoms with Crippen LogP contribution in [0.1, 0.15) is 0 Å². The summed E-state index contributed by atoms with van der Waals surface area (Å²) in [5.41, 5.74) is 20.7. The minimum absolute atomic E-state index is 0.653. The summed E-state index contributed by atoms with van der Waals surface area (Å²) in [5, 5.41) is 25.1. The zero-order valence-electron chi connectivity index (χ0n) is 58.5. The first-order chi connectivity index (χ1) is 54.3. The number of aromatic nitrogens is 8. The number of hydrogen-bond donors (Lipinski definition) is 0. The van der Waals surface area contributed by atoms with Crippen molar-refractivity contribution in [2.24, 2.45) is 0 Å². The highest BCUT2D eigenvalue weighted by molar-refractivity contribution is 9.11. The Balaban J connectivity index is 0.000000100. The Hall–Kier alpha value is -13.0. The van der Waals surface area contributed by atoms with Gasteiger partial charge in [0.15, 0.2) is 17.5 Å². The van der Waals surface area contributed by atoms with Crippen LogP contribution in [0.25, 0.3) is 225 Å². The Morgan fingerprint density at radius 1 is 0.218 bits per heavy atom. The first-order valence-electron chi connectivity index (χ1n) is 36.8. The lowest BCUT2D eigenvalue weighted by atomic mass is 9.93. The van der Waals surface area contributed by atoms with E-state index in [1.165, 1.54) is 163 Å². The summed E-state index contributed by atoms with van der Waals surface area (Å²) in [6, 6.07) is 115. The van der Waals surface area contributed by atoms with Crippen LogP contribution in [0, 0.1) is 0 Å². The van der Waals surface area contributed by atoms with E-state index in [-0.39, 0.29) is 0 Å². The molecule has 0 N–H and O–H groups in total. The fourth-order valence-electron chi connectivity index (χ4n) is 18.0. The molecule has 0 atom stereocenters. The summed E-state index contributed by atoms with van der Waals surface area (Å²) in [6.07, 6.45) is 3.76. The average Bonchev–Trinajstić information content (AvgIpc) is 1.53. The van der Waals surface area contributed by atoms with Crippen LogP contribution < -0.4 is 0 Å². The van der Waals surface area contributed by atoms with Crippen molar-refractivity contribution >= 4 is 216 Å². The van der Waals surface area contributed by atoms with Gasteiger partial charge in [0.25, 0.3) is 0 Å². The monoisotopic (exact) mass is 1590 g/mol. The highest BCUT2D eigenvalue weighted by atomic mass is 79.9. The second-order valence-electron chi connectivity index (χ2n) is 28.5. The van der Waals surface area contributed by atoms with E-state index < -0.39 is 0 Å². The Morgan fingerprint density at radius 2 is 0.700 bits per heavy atom. The van der Waals surface area contributed by atoms with Crippen LogP contribution in [-0.2, 0) is 0 Å². The van der Waals surface area contributed by atoms with E-state index in [2.05, 4.69) is 321 Å². The average molecular weight is 1600 g/mol. The summed E-state index contributed by atoms with van der Waals surface area (Å²) < 4.78 is 10.6. The molecule has 9 aromatic heterocycles. The van der Waals surface area contributed by atoms with Gasteiger partial charge in [-0.3, -0.25) is 9.97 Å². The van der Waals surface area contributed by atoms with Gasteiger partial charge in [0.2, 0.25) is 0 Å². The standard InChI is InChI=1S/C37H21BrN4.C34H18BrN3.C28H16BrN/c38-30-19-20-31-33-26(13-7-16-29(30)33)28-15-8-14-27-25-18-17-24(21-32(25)42(31)34(27)28)37-40-35(22-9-3-1-4-10-22)39-36(41-37)23-11-5-2-6-12-23;35-22-15-20-5-3-9-30-31(20)26(18-22)28-17-21(16-27-24-7-1-2-8-29(24)38(30)34(27)28)23-12-14-37-33-25(23)11-10-19-6-4-13-36-32(19)33;29-18-12-13-20-23-10-5-11-24-22-9-4-8-21-19(17-6-2-1-3-7-17)14-15-25(27(21)22)30(28(23)24)26(20)16-18/h1-21H;1-18H;1-16H. The zero-order valence-corrected chi connectivity index (χ0v) is 63.2. The van der Waals surface area contributed by atoms with Crippen LogP contribution in [0.3, 0.4) is 0 Å². The van der Waals surface area contributed by atoms with E-state index in [0.717, 1.165) is 57.4 Å². The molecule has 0 aliphatic carbocycles. The van der Waals surface area contributed by atoms with Gasteiger partial charge in [-0.25, -0.2) is 15.0 Å². The summed E-state index contributed by atoms with van der Waals surface area (Å²) in [6.45, 7) is 0. The molecule has 0 bridgehead atoms. The first-order valence-corrected chi connectivity index (χ1v) is 39.1. The third-order valence-electron chi connectivity index (χ3n) is 22.6. The molecule has 0 aliphatic rings.